The van der Waals surface area contributed by atoms with Gasteiger partial charge in [-0.25, -0.2) is 4.79 Å². The van der Waals surface area contributed by atoms with Crippen molar-refractivity contribution in [2.45, 2.75) is 24.9 Å². The number of carbonyl (C=O) groups excluding carboxylic acids is 3. The lowest BCUT2D eigenvalue weighted by molar-refractivity contribution is -0.125. The van der Waals surface area contributed by atoms with Gasteiger partial charge in [0.15, 0.2) is 0 Å². The smallest absolute Gasteiger partial charge is 0.318 e. The number of piperazine rings is 1. The first-order chi connectivity index (χ1) is 15.4. The lowest BCUT2D eigenvalue weighted by atomic mass is 10.0. The summed E-state index contributed by atoms with van der Waals surface area (Å²) >= 11 is 0. The molecule has 0 spiro atoms. The van der Waals surface area contributed by atoms with Crippen LogP contribution in [0.2, 0.25) is 0 Å². The Hall–Kier alpha value is -3.39. The van der Waals surface area contributed by atoms with Gasteiger partial charge in [-0.3, -0.25) is 4.79 Å². The zero-order valence-electron chi connectivity index (χ0n) is 18.2. The molecule has 3 rings (SSSR count). The summed E-state index contributed by atoms with van der Waals surface area (Å²) in [7, 11) is 2.01. The van der Waals surface area contributed by atoms with Gasteiger partial charge >= 0.3 is 6.03 Å². The van der Waals surface area contributed by atoms with E-state index in [1.807, 2.05) is 37.4 Å². The van der Waals surface area contributed by atoms with Gasteiger partial charge in [0, 0.05) is 32.6 Å². The highest BCUT2D eigenvalue weighted by molar-refractivity contribution is 5.89. The lowest BCUT2D eigenvalue weighted by Gasteiger charge is -2.33. The van der Waals surface area contributed by atoms with Crippen LogP contribution in [-0.4, -0.2) is 78.4 Å². The van der Waals surface area contributed by atoms with E-state index in [-0.39, 0.29) is 11.8 Å². The molecule has 1 heterocycles. The average Bonchev–Trinajstić information content (AvgIpc) is 2.80. The molecule has 0 unspecified atom stereocenters. The van der Waals surface area contributed by atoms with Gasteiger partial charge in [-0.1, -0.05) is 42.5 Å². The molecule has 170 valence electrons. The fraction of sp³-hybridized carbons (Fsp3) is 0.375. The molecule has 8 nitrogen and oxygen atoms in total. The highest BCUT2D eigenvalue weighted by Gasteiger charge is 2.27. The van der Waals surface area contributed by atoms with Crippen molar-refractivity contribution >= 4 is 18.2 Å². The number of carbonyl (C=O) groups is 3. The molecule has 0 aromatic heterocycles. The van der Waals surface area contributed by atoms with Crippen molar-refractivity contribution in [3.8, 4) is 5.75 Å². The van der Waals surface area contributed by atoms with Gasteiger partial charge in [0.1, 0.15) is 18.1 Å². The normalized spacial score (nSPS) is 16.1. The molecule has 3 amide bonds. The van der Waals surface area contributed by atoms with Gasteiger partial charge in [0.2, 0.25) is 5.91 Å². The van der Waals surface area contributed by atoms with Gasteiger partial charge in [0.05, 0.1) is 6.04 Å². The molecule has 0 bridgehead atoms. The summed E-state index contributed by atoms with van der Waals surface area (Å²) in [6, 6.07) is 14.1. The van der Waals surface area contributed by atoms with Crippen LogP contribution in [0.4, 0.5) is 4.79 Å². The van der Waals surface area contributed by atoms with E-state index in [0.717, 1.165) is 24.2 Å². The molecule has 32 heavy (non-hydrogen) atoms. The number of hydrogen-bond acceptors (Lipinski definition) is 5. The van der Waals surface area contributed by atoms with E-state index in [9.17, 15) is 19.5 Å². The highest BCUT2D eigenvalue weighted by Crippen LogP contribution is 2.11. The number of nitrogens with one attached hydrogen (secondary N) is 2. The third-order valence-corrected chi connectivity index (χ3v) is 5.57. The Kier molecular flexibility index (Phi) is 8.21. The zero-order valence-corrected chi connectivity index (χ0v) is 18.2. The number of rotatable bonds is 8. The average molecular weight is 439 g/mol. The molecule has 0 saturated carbocycles. The summed E-state index contributed by atoms with van der Waals surface area (Å²) in [6.45, 7) is 2.76. The minimum absolute atomic E-state index is 0.134. The Morgan fingerprint density at radius 2 is 1.56 bits per heavy atom. The van der Waals surface area contributed by atoms with Crippen molar-refractivity contribution in [2.24, 2.45) is 0 Å². The Bertz CT molecular complexity index is 896. The van der Waals surface area contributed by atoms with Crippen LogP contribution in [0, 0.1) is 0 Å². The van der Waals surface area contributed by atoms with Gasteiger partial charge in [-0.05, 0) is 36.7 Å². The summed E-state index contributed by atoms with van der Waals surface area (Å²) in [5.41, 5.74) is 1.72. The van der Waals surface area contributed by atoms with E-state index >= 15 is 0 Å². The first kappa shape index (κ1) is 23.3. The molecular formula is C24H30N4O4. The number of aromatic hydroxyl groups is 1. The van der Waals surface area contributed by atoms with Gasteiger partial charge in [-0.15, -0.1) is 0 Å². The van der Waals surface area contributed by atoms with Gasteiger partial charge in [0.25, 0.3) is 0 Å². The number of phenols is 1. The minimum Gasteiger partial charge on any atom is -0.508 e. The number of nitrogens with zero attached hydrogens (tertiary/aromatic N) is 2. The Balaban J connectivity index is 1.67. The molecule has 0 radical (unpaired) electrons. The van der Waals surface area contributed by atoms with Crippen molar-refractivity contribution in [3.05, 3.63) is 65.7 Å². The third kappa shape index (κ3) is 6.81. The minimum atomic E-state index is -0.813. The molecule has 2 atom stereocenters. The number of aldehydes is 1. The van der Waals surface area contributed by atoms with E-state index < -0.39 is 18.0 Å². The van der Waals surface area contributed by atoms with E-state index in [1.165, 1.54) is 12.1 Å². The third-order valence-electron chi connectivity index (χ3n) is 5.57. The van der Waals surface area contributed by atoms with E-state index in [1.54, 1.807) is 17.0 Å². The topological polar surface area (TPSA) is 102 Å². The lowest BCUT2D eigenvalue weighted by Crippen LogP contribution is -2.57. The maximum absolute atomic E-state index is 13.1. The Morgan fingerprint density at radius 1 is 0.938 bits per heavy atom. The van der Waals surface area contributed by atoms with E-state index in [4.69, 9.17) is 0 Å². The molecule has 2 aromatic carbocycles. The molecule has 1 fully saturated rings. The summed E-state index contributed by atoms with van der Waals surface area (Å²) in [5, 5.41) is 15.0. The highest BCUT2D eigenvalue weighted by atomic mass is 16.3. The summed E-state index contributed by atoms with van der Waals surface area (Å²) in [5.74, 6) is -0.276. The summed E-state index contributed by atoms with van der Waals surface area (Å²) < 4.78 is 0. The summed E-state index contributed by atoms with van der Waals surface area (Å²) in [6.07, 6.45) is 1.30. The number of amides is 3. The van der Waals surface area contributed by atoms with Gasteiger partial charge < -0.3 is 30.3 Å². The number of urea groups is 1. The van der Waals surface area contributed by atoms with Crippen LogP contribution in [0.3, 0.4) is 0 Å². The largest absolute Gasteiger partial charge is 0.508 e. The van der Waals surface area contributed by atoms with E-state index in [0.29, 0.717) is 32.2 Å². The Morgan fingerprint density at radius 3 is 2.19 bits per heavy atom. The maximum atomic E-state index is 13.1. The van der Waals surface area contributed by atoms with Crippen LogP contribution in [-0.2, 0) is 22.4 Å². The molecular weight excluding hydrogens is 408 g/mol. The fourth-order valence-electron chi connectivity index (χ4n) is 3.61. The molecule has 2 aromatic rings. The first-order valence-corrected chi connectivity index (χ1v) is 10.8. The van der Waals surface area contributed by atoms with Crippen LogP contribution in [0.15, 0.2) is 54.6 Å². The second kappa shape index (κ2) is 11.3. The fourth-order valence-corrected chi connectivity index (χ4v) is 3.61. The van der Waals surface area contributed by atoms with E-state index in [2.05, 4.69) is 15.5 Å². The number of phenolic OH excluding ortho intramolecular Hbond substituents is 1. The Labute approximate surface area is 188 Å². The monoisotopic (exact) mass is 438 g/mol. The molecule has 0 aliphatic carbocycles. The van der Waals surface area contributed by atoms with Crippen molar-refractivity contribution in [1.82, 2.24) is 20.4 Å². The van der Waals surface area contributed by atoms with Crippen LogP contribution >= 0.6 is 0 Å². The second-order valence-electron chi connectivity index (χ2n) is 8.10. The second-order valence-corrected chi connectivity index (χ2v) is 8.10. The predicted molar refractivity (Wildman–Crippen MR) is 121 cm³/mol. The zero-order chi connectivity index (χ0) is 22.9. The van der Waals surface area contributed by atoms with Crippen molar-refractivity contribution < 1.29 is 19.5 Å². The summed E-state index contributed by atoms with van der Waals surface area (Å²) in [4.78, 5) is 41.4. The standard InChI is InChI=1S/C24H30N4O4/c1-27-11-13-28(14-12-27)24(32)26-22(16-18-5-3-2-4-6-18)23(31)25-20(17-29)15-19-7-9-21(30)10-8-19/h2-10,17,20,22,30H,11-16H2,1H3,(H,25,31)(H,26,32)/t20-,22-/m0/s1. The molecule has 8 heteroatoms. The van der Waals surface area contributed by atoms with Crippen LogP contribution in [0.5, 0.6) is 5.75 Å². The SMILES string of the molecule is CN1CCN(C(=O)N[C@@H](Cc2ccccc2)C(=O)N[C@H](C=O)Cc2ccc(O)cc2)CC1. The maximum Gasteiger partial charge on any atom is 0.318 e. The quantitative estimate of drug-likeness (QED) is 0.538. The molecule has 1 saturated heterocycles. The van der Waals surface area contributed by atoms with Crippen molar-refractivity contribution in [3.63, 3.8) is 0 Å². The van der Waals surface area contributed by atoms with Crippen LogP contribution in [0.25, 0.3) is 0 Å². The molecule has 1 aliphatic heterocycles. The first-order valence-electron chi connectivity index (χ1n) is 10.8. The number of hydrogen-bond donors (Lipinski definition) is 3. The van der Waals surface area contributed by atoms with Crippen molar-refractivity contribution in [1.29, 1.82) is 0 Å². The predicted octanol–water partition coefficient (Wildman–Crippen LogP) is 1.19. The van der Waals surface area contributed by atoms with Crippen LogP contribution < -0.4 is 10.6 Å². The number of likely N-dealkylation sites (N-methyl/N-ethyl adjacent to an activating group) is 1. The van der Waals surface area contributed by atoms with Crippen molar-refractivity contribution in [2.75, 3.05) is 33.2 Å². The molecule has 3 N–H and O–H groups in total. The molecule has 1 aliphatic rings. The van der Waals surface area contributed by atoms with Gasteiger partial charge in [-0.2, -0.15) is 0 Å². The van der Waals surface area contributed by atoms with Crippen LogP contribution in [0.1, 0.15) is 11.1 Å². The number of benzene rings is 2.